The van der Waals surface area contributed by atoms with Gasteiger partial charge in [0.15, 0.2) is 10.6 Å². The SMILES string of the molecule is O=C(Cc1c(O)n(-c2ccc(Cl)cc2)c(=S)[nH]c1=O)[C@H](O)CO. The average Bonchev–Trinajstić information content (AvgIpc) is 2.52. The lowest BCUT2D eigenvalue weighted by Crippen LogP contribution is -2.29. The molecule has 0 saturated carbocycles. The molecular formula is C14H13ClN2O5S. The molecule has 122 valence electrons. The van der Waals surface area contributed by atoms with Crippen LogP contribution in [0.4, 0.5) is 0 Å². The summed E-state index contributed by atoms with van der Waals surface area (Å²) in [6.07, 6.45) is -2.17. The summed E-state index contributed by atoms with van der Waals surface area (Å²) in [6.45, 7) is -0.770. The van der Waals surface area contributed by atoms with Gasteiger partial charge in [-0.1, -0.05) is 11.6 Å². The smallest absolute Gasteiger partial charge is 0.259 e. The molecule has 23 heavy (non-hydrogen) atoms. The molecule has 4 N–H and O–H groups in total. The molecule has 1 aromatic carbocycles. The molecule has 0 radical (unpaired) electrons. The monoisotopic (exact) mass is 356 g/mol. The molecule has 0 fully saturated rings. The third-order valence-electron chi connectivity index (χ3n) is 3.16. The maximum absolute atomic E-state index is 11.9. The normalized spacial score (nSPS) is 12.1. The van der Waals surface area contributed by atoms with E-state index in [2.05, 4.69) is 4.98 Å². The van der Waals surface area contributed by atoms with Gasteiger partial charge >= 0.3 is 0 Å². The number of aliphatic hydroxyl groups is 2. The van der Waals surface area contributed by atoms with Crippen molar-refractivity contribution in [2.24, 2.45) is 0 Å². The van der Waals surface area contributed by atoms with E-state index in [1.54, 1.807) is 24.3 Å². The molecule has 0 saturated heterocycles. The molecule has 0 aliphatic rings. The summed E-state index contributed by atoms with van der Waals surface area (Å²) >= 11 is 10.8. The number of rotatable bonds is 5. The van der Waals surface area contributed by atoms with Crippen LogP contribution in [0.25, 0.3) is 5.69 Å². The van der Waals surface area contributed by atoms with Gasteiger partial charge in [0.25, 0.3) is 5.56 Å². The molecule has 1 atom stereocenters. The third kappa shape index (κ3) is 3.67. The van der Waals surface area contributed by atoms with Crippen LogP contribution in [0.2, 0.25) is 5.02 Å². The summed E-state index contributed by atoms with van der Waals surface area (Å²) in [5, 5.41) is 28.9. The predicted octanol–water partition coefficient (Wildman–Crippen LogP) is 0.719. The fourth-order valence-electron chi connectivity index (χ4n) is 1.94. The summed E-state index contributed by atoms with van der Waals surface area (Å²) in [6, 6.07) is 6.29. The van der Waals surface area contributed by atoms with E-state index in [0.29, 0.717) is 10.7 Å². The van der Waals surface area contributed by atoms with Crippen molar-refractivity contribution in [3.05, 3.63) is 50.0 Å². The molecule has 0 aliphatic carbocycles. The fraction of sp³-hybridized carbons (Fsp3) is 0.214. The first-order valence-corrected chi connectivity index (χ1v) is 7.28. The second kappa shape index (κ2) is 7.05. The number of hydrogen-bond donors (Lipinski definition) is 4. The molecule has 2 aromatic rings. The molecule has 0 amide bonds. The van der Waals surface area contributed by atoms with E-state index in [1.807, 2.05) is 0 Å². The third-order valence-corrected chi connectivity index (χ3v) is 3.70. The van der Waals surface area contributed by atoms with Gasteiger partial charge < -0.3 is 15.3 Å². The molecule has 1 aromatic heterocycles. The van der Waals surface area contributed by atoms with E-state index < -0.39 is 36.4 Å². The quantitative estimate of drug-likeness (QED) is 0.587. The number of aromatic amines is 1. The first-order valence-electron chi connectivity index (χ1n) is 6.50. The largest absolute Gasteiger partial charge is 0.494 e. The Hall–Kier alpha value is -2.00. The Morgan fingerprint density at radius 1 is 1.35 bits per heavy atom. The van der Waals surface area contributed by atoms with Crippen LogP contribution in [0.3, 0.4) is 0 Å². The van der Waals surface area contributed by atoms with Crippen LogP contribution >= 0.6 is 23.8 Å². The highest BCUT2D eigenvalue weighted by Crippen LogP contribution is 2.21. The lowest BCUT2D eigenvalue weighted by atomic mass is 10.1. The van der Waals surface area contributed by atoms with Gasteiger partial charge in [-0.2, -0.15) is 0 Å². The van der Waals surface area contributed by atoms with Crippen molar-refractivity contribution in [2.45, 2.75) is 12.5 Å². The van der Waals surface area contributed by atoms with E-state index in [0.717, 1.165) is 0 Å². The van der Waals surface area contributed by atoms with Gasteiger partial charge in [0.1, 0.15) is 6.10 Å². The highest BCUT2D eigenvalue weighted by molar-refractivity contribution is 7.71. The number of benzene rings is 1. The minimum Gasteiger partial charge on any atom is -0.494 e. The zero-order valence-corrected chi connectivity index (χ0v) is 13.3. The van der Waals surface area contributed by atoms with Crippen molar-refractivity contribution in [1.29, 1.82) is 0 Å². The molecule has 0 unspecified atom stereocenters. The zero-order valence-electron chi connectivity index (χ0n) is 11.7. The Labute approximate surface area is 140 Å². The number of halogens is 1. The summed E-state index contributed by atoms with van der Waals surface area (Å²) in [7, 11) is 0. The van der Waals surface area contributed by atoms with E-state index >= 15 is 0 Å². The molecule has 0 aliphatic heterocycles. The molecule has 1 heterocycles. The molecule has 0 spiro atoms. The lowest BCUT2D eigenvalue weighted by Gasteiger charge is -2.13. The van der Waals surface area contributed by atoms with Crippen LogP contribution < -0.4 is 5.56 Å². The minimum absolute atomic E-state index is 0.0614. The Kier molecular flexibility index (Phi) is 5.32. The van der Waals surface area contributed by atoms with Crippen molar-refractivity contribution in [1.82, 2.24) is 9.55 Å². The summed E-state index contributed by atoms with van der Waals surface area (Å²) < 4.78 is 1.11. The number of H-pyrrole nitrogens is 1. The molecule has 9 heteroatoms. The number of ketones is 1. The van der Waals surface area contributed by atoms with Gasteiger partial charge in [0.05, 0.1) is 17.9 Å². The van der Waals surface area contributed by atoms with Crippen molar-refractivity contribution >= 4 is 29.6 Å². The number of carbonyl (C=O) groups excluding carboxylic acids is 1. The second-order valence-electron chi connectivity index (χ2n) is 4.71. The second-order valence-corrected chi connectivity index (χ2v) is 5.54. The Morgan fingerprint density at radius 3 is 2.52 bits per heavy atom. The van der Waals surface area contributed by atoms with E-state index in [-0.39, 0.29) is 10.3 Å². The Balaban J connectivity index is 2.56. The van der Waals surface area contributed by atoms with E-state index in [9.17, 15) is 19.8 Å². The van der Waals surface area contributed by atoms with Crippen LogP contribution in [0, 0.1) is 4.77 Å². The van der Waals surface area contributed by atoms with E-state index in [1.165, 1.54) is 4.57 Å². The van der Waals surface area contributed by atoms with Gasteiger partial charge in [-0.3, -0.25) is 19.1 Å². The molecule has 2 rings (SSSR count). The number of nitrogens with one attached hydrogen (secondary N) is 1. The van der Waals surface area contributed by atoms with E-state index in [4.69, 9.17) is 28.9 Å². The lowest BCUT2D eigenvalue weighted by molar-refractivity contribution is -0.128. The summed E-state index contributed by atoms with van der Waals surface area (Å²) in [5.41, 5.74) is -0.563. The molecule has 0 bridgehead atoms. The van der Waals surface area contributed by atoms with Gasteiger partial charge in [0.2, 0.25) is 5.88 Å². The van der Waals surface area contributed by atoms with Crippen LogP contribution in [0.5, 0.6) is 5.88 Å². The maximum atomic E-state index is 11.9. The van der Waals surface area contributed by atoms with Crippen molar-refractivity contribution in [3.8, 4) is 11.6 Å². The average molecular weight is 357 g/mol. The van der Waals surface area contributed by atoms with Gasteiger partial charge in [-0.15, -0.1) is 0 Å². The number of carbonyl (C=O) groups is 1. The van der Waals surface area contributed by atoms with Crippen LogP contribution in [0.15, 0.2) is 29.1 Å². The number of nitrogens with zero attached hydrogens (tertiary/aromatic N) is 1. The number of aromatic nitrogens is 2. The van der Waals surface area contributed by atoms with Crippen molar-refractivity contribution in [2.75, 3.05) is 6.61 Å². The number of aliphatic hydroxyl groups excluding tert-OH is 2. The Bertz CT molecular complexity index is 844. The summed E-state index contributed by atoms with van der Waals surface area (Å²) in [4.78, 5) is 26.0. The maximum Gasteiger partial charge on any atom is 0.259 e. The molecular weight excluding hydrogens is 344 g/mol. The first kappa shape index (κ1) is 17.4. The topological polar surface area (TPSA) is 116 Å². The minimum atomic E-state index is -1.62. The number of aromatic hydroxyl groups is 1. The van der Waals surface area contributed by atoms with Gasteiger partial charge in [0, 0.05) is 11.4 Å². The van der Waals surface area contributed by atoms with Crippen molar-refractivity contribution < 1.29 is 20.1 Å². The highest BCUT2D eigenvalue weighted by Gasteiger charge is 2.21. The fourth-order valence-corrected chi connectivity index (χ4v) is 2.35. The van der Waals surface area contributed by atoms with Crippen LogP contribution in [-0.4, -0.2) is 43.4 Å². The highest BCUT2D eigenvalue weighted by atomic mass is 35.5. The van der Waals surface area contributed by atoms with Crippen LogP contribution in [-0.2, 0) is 11.2 Å². The van der Waals surface area contributed by atoms with Gasteiger partial charge in [-0.05, 0) is 36.5 Å². The van der Waals surface area contributed by atoms with Crippen LogP contribution in [0.1, 0.15) is 5.56 Å². The standard InChI is InChI=1S/C14H13ClN2O5S/c15-7-1-3-8(4-2-7)17-13(22)9(12(21)16-14(17)23)5-10(19)11(20)6-18/h1-4,11,18,20,22H,5-6H2,(H,16,21,23)/t11-/m1/s1. The summed E-state index contributed by atoms with van der Waals surface area (Å²) in [5.74, 6) is -1.31. The molecule has 7 nitrogen and oxygen atoms in total. The Morgan fingerprint density at radius 2 is 1.96 bits per heavy atom. The number of Topliss-reactive ketones (excluding diaryl/α,β-unsaturated/α-hetero) is 1. The zero-order chi connectivity index (χ0) is 17.1. The van der Waals surface area contributed by atoms with Gasteiger partial charge in [-0.25, -0.2) is 0 Å². The first-order chi connectivity index (χ1) is 10.8. The number of hydrogen-bond acceptors (Lipinski definition) is 6. The van der Waals surface area contributed by atoms with Crippen molar-refractivity contribution in [3.63, 3.8) is 0 Å². The predicted molar refractivity (Wildman–Crippen MR) is 85.7 cm³/mol.